The number of hydrogen-bond donors (Lipinski definition) is 1. The summed E-state index contributed by atoms with van der Waals surface area (Å²) in [5, 5.41) is 10.4. The summed E-state index contributed by atoms with van der Waals surface area (Å²) < 4.78 is 10.5. The van der Waals surface area contributed by atoms with Gasteiger partial charge in [-0.2, -0.15) is 0 Å². The fourth-order valence-electron chi connectivity index (χ4n) is 2.97. The van der Waals surface area contributed by atoms with Gasteiger partial charge in [-0.3, -0.25) is 0 Å². The van der Waals surface area contributed by atoms with Gasteiger partial charge in [-0.1, -0.05) is 60.7 Å². The maximum atomic E-state index is 11.3. The molecular formula is C19H38O4Si. The van der Waals surface area contributed by atoms with Crippen molar-refractivity contribution in [1.82, 2.24) is 0 Å². The van der Waals surface area contributed by atoms with E-state index >= 15 is 0 Å². The monoisotopic (exact) mass is 358 g/mol. The normalized spacial score (nSPS) is 14.4. The highest BCUT2D eigenvalue weighted by atomic mass is 28.3. The van der Waals surface area contributed by atoms with Gasteiger partial charge in [0.25, 0.3) is 0 Å². The molecule has 0 aliphatic carbocycles. The lowest BCUT2D eigenvalue weighted by Gasteiger charge is -2.50. The van der Waals surface area contributed by atoms with E-state index in [9.17, 15) is 9.90 Å². The van der Waals surface area contributed by atoms with Crippen LogP contribution in [0.2, 0.25) is 22.7 Å². The number of aliphatic hydroxyl groups excluding tert-OH is 1. The largest absolute Gasteiger partial charge is 0.460 e. The van der Waals surface area contributed by atoms with Crippen molar-refractivity contribution in [2.45, 2.75) is 83.7 Å². The summed E-state index contributed by atoms with van der Waals surface area (Å²) >= 11 is 0. The highest BCUT2D eigenvalue weighted by Gasteiger charge is 2.47. The molecule has 1 unspecified atom stereocenters. The Morgan fingerprint density at radius 2 is 1.62 bits per heavy atom. The molecule has 0 aromatic carbocycles. The van der Waals surface area contributed by atoms with Crippen molar-refractivity contribution >= 4 is 14.0 Å². The third kappa shape index (κ3) is 7.07. The molecule has 5 heteroatoms. The minimum atomic E-state index is -1.49. The van der Waals surface area contributed by atoms with Crippen LogP contribution in [0.25, 0.3) is 0 Å². The molecule has 24 heavy (non-hydrogen) atoms. The smallest absolute Gasteiger partial charge is 0.333 e. The van der Waals surface area contributed by atoms with Gasteiger partial charge < -0.3 is 14.6 Å². The Hall–Kier alpha value is -0.653. The van der Waals surface area contributed by atoms with Gasteiger partial charge in [0.15, 0.2) is 0 Å². The molecule has 0 aliphatic rings. The molecule has 0 amide bonds. The van der Waals surface area contributed by atoms with Crippen LogP contribution in [0.3, 0.4) is 0 Å². The lowest BCUT2D eigenvalue weighted by molar-refractivity contribution is -0.143. The average Bonchev–Trinajstić information content (AvgIpc) is 2.41. The first-order chi connectivity index (χ1) is 10.7. The van der Waals surface area contributed by atoms with Crippen molar-refractivity contribution in [3.8, 4) is 0 Å². The minimum Gasteiger partial charge on any atom is -0.460 e. The van der Waals surface area contributed by atoms with Crippen molar-refractivity contribution in [1.29, 1.82) is 0 Å². The molecule has 0 fully saturated rings. The summed E-state index contributed by atoms with van der Waals surface area (Å²) in [5.74, 6) is -0.480. The molecule has 0 radical (unpaired) electrons. The van der Waals surface area contributed by atoms with Crippen LogP contribution in [0.5, 0.6) is 0 Å². The summed E-state index contributed by atoms with van der Waals surface area (Å²) in [6, 6.07) is 1.20. The quantitative estimate of drug-likeness (QED) is 0.284. The van der Waals surface area contributed by atoms with Crippen molar-refractivity contribution in [3.05, 3.63) is 12.2 Å². The molecule has 142 valence electrons. The molecule has 0 heterocycles. The number of esters is 1. The molecule has 0 spiro atoms. The highest BCUT2D eigenvalue weighted by molar-refractivity contribution is 6.83. The maximum absolute atomic E-state index is 11.3. The third-order valence-corrected chi connectivity index (χ3v) is 13.3. The van der Waals surface area contributed by atoms with E-state index in [1.54, 1.807) is 6.92 Å². The van der Waals surface area contributed by atoms with E-state index in [4.69, 9.17) is 9.47 Å². The standard InChI is InChI=1S/C19H38O4Si/c1-15(2)17(21)23-14-16(20)13-22-11-10-12-24(9,18(3,4)5)19(6,7)8/h16,20H,1,10-14H2,2-9H3. The molecule has 1 atom stereocenters. The van der Waals surface area contributed by atoms with Crippen LogP contribution in [0.4, 0.5) is 0 Å². The molecule has 0 bridgehead atoms. The SMILES string of the molecule is C=C(C)C(=O)OCC(O)COCCC[Si](C)(C(C)(C)C)C(C)(C)C. The summed E-state index contributed by atoms with van der Waals surface area (Å²) in [5.41, 5.74) is 0.330. The number of ether oxygens (including phenoxy) is 2. The molecular weight excluding hydrogens is 320 g/mol. The average molecular weight is 359 g/mol. The number of hydrogen-bond acceptors (Lipinski definition) is 4. The second-order valence-corrected chi connectivity index (χ2v) is 15.2. The Balaban J connectivity index is 4.20. The van der Waals surface area contributed by atoms with Gasteiger partial charge in [0.1, 0.15) is 12.7 Å². The van der Waals surface area contributed by atoms with Crippen LogP contribution in [0.1, 0.15) is 54.9 Å². The van der Waals surface area contributed by atoms with Gasteiger partial charge in [0, 0.05) is 12.2 Å². The Kier molecular flexibility index (Phi) is 8.91. The molecule has 0 saturated carbocycles. The topological polar surface area (TPSA) is 55.8 Å². The molecule has 0 aromatic rings. The molecule has 0 aliphatic heterocycles. The molecule has 4 nitrogen and oxygen atoms in total. The van der Waals surface area contributed by atoms with Crippen LogP contribution < -0.4 is 0 Å². The van der Waals surface area contributed by atoms with E-state index in [-0.39, 0.29) is 13.2 Å². The summed E-state index contributed by atoms with van der Waals surface area (Å²) in [7, 11) is -1.49. The molecule has 0 aromatic heterocycles. The first-order valence-corrected chi connectivity index (χ1v) is 11.5. The van der Waals surface area contributed by atoms with Crippen LogP contribution >= 0.6 is 0 Å². The molecule has 0 rings (SSSR count). The van der Waals surface area contributed by atoms with Gasteiger partial charge in [-0.05, 0) is 23.4 Å². The van der Waals surface area contributed by atoms with Gasteiger partial charge >= 0.3 is 5.97 Å². The number of aliphatic hydroxyl groups is 1. The lowest BCUT2D eigenvalue weighted by atomic mass is 10.2. The minimum absolute atomic E-state index is 0.0534. The molecule has 0 saturated heterocycles. The van der Waals surface area contributed by atoms with E-state index in [1.165, 1.54) is 6.04 Å². The summed E-state index contributed by atoms with van der Waals surface area (Å²) in [6.07, 6.45) is 0.206. The van der Waals surface area contributed by atoms with Crippen LogP contribution in [-0.4, -0.2) is 45.1 Å². The van der Waals surface area contributed by atoms with E-state index in [0.29, 0.717) is 22.3 Å². The summed E-state index contributed by atoms with van der Waals surface area (Å²) in [6.45, 7) is 22.4. The Morgan fingerprint density at radius 3 is 2.04 bits per heavy atom. The fourth-order valence-corrected chi connectivity index (χ4v) is 7.57. The Bertz CT molecular complexity index is 404. The van der Waals surface area contributed by atoms with E-state index in [0.717, 1.165) is 6.42 Å². The van der Waals surface area contributed by atoms with Crippen molar-refractivity contribution in [2.75, 3.05) is 19.8 Å². The zero-order chi connectivity index (χ0) is 19.2. The van der Waals surface area contributed by atoms with Crippen LogP contribution in [0, 0.1) is 0 Å². The fraction of sp³-hybridized carbons (Fsp3) is 0.842. The summed E-state index contributed by atoms with van der Waals surface area (Å²) in [4.78, 5) is 11.3. The van der Waals surface area contributed by atoms with Crippen LogP contribution in [0.15, 0.2) is 12.2 Å². The zero-order valence-electron chi connectivity index (χ0n) is 17.0. The predicted octanol–water partition coefficient (Wildman–Crippen LogP) is 4.55. The van der Waals surface area contributed by atoms with Gasteiger partial charge in [0.2, 0.25) is 0 Å². The van der Waals surface area contributed by atoms with Gasteiger partial charge in [0.05, 0.1) is 14.7 Å². The van der Waals surface area contributed by atoms with E-state index in [2.05, 4.69) is 54.7 Å². The zero-order valence-corrected chi connectivity index (χ0v) is 18.0. The Labute approximate surface area is 149 Å². The first kappa shape index (κ1) is 23.3. The molecule has 1 N–H and O–H groups in total. The van der Waals surface area contributed by atoms with Crippen molar-refractivity contribution in [3.63, 3.8) is 0 Å². The van der Waals surface area contributed by atoms with E-state index in [1.807, 2.05) is 0 Å². The number of carbonyl (C=O) groups is 1. The number of carbonyl (C=O) groups excluding carboxylic acids is 1. The Morgan fingerprint density at radius 1 is 1.12 bits per heavy atom. The lowest BCUT2D eigenvalue weighted by Crippen LogP contribution is -2.48. The third-order valence-electron chi connectivity index (χ3n) is 5.34. The number of rotatable bonds is 9. The van der Waals surface area contributed by atoms with Crippen LogP contribution in [-0.2, 0) is 14.3 Å². The predicted molar refractivity (Wildman–Crippen MR) is 103 cm³/mol. The second-order valence-electron chi connectivity index (χ2n) is 9.04. The van der Waals surface area contributed by atoms with E-state index < -0.39 is 20.1 Å². The van der Waals surface area contributed by atoms with Gasteiger partial charge in [-0.25, -0.2) is 4.79 Å². The van der Waals surface area contributed by atoms with Crippen molar-refractivity contribution < 1.29 is 19.4 Å². The van der Waals surface area contributed by atoms with Gasteiger partial charge in [-0.15, -0.1) is 0 Å². The first-order valence-electron chi connectivity index (χ1n) is 8.81. The maximum Gasteiger partial charge on any atom is 0.333 e. The van der Waals surface area contributed by atoms with Crippen molar-refractivity contribution in [2.24, 2.45) is 0 Å². The highest BCUT2D eigenvalue weighted by Crippen LogP contribution is 2.53. The second kappa shape index (κ2) is 9.16.